The zero-order valence-corrected chi connectivity index (χ0v) is 11.7. The van der Waals surface area contributed by atoms with E-state index in [0.717, 1.165) is 17.5 Å². The second kappa shape index (κ2) is 6.38. The van der Waals surface area contributed by atoms with Crippen molar-refractivity contribution in [1.29, 1.82) is 0 Å². The summed E-state index contributed by atoms with van der Waals surface area (Å²) in [4.78, 5) is 20.2. The first-order valence-electron chi connectivity index (χ1n) is 6.38. The van der Waals surface area contributed by atoms with Gasteiger partial charge in [-0.25, -0.2) is 18.7 Å². The molecule has 0 unspecified atom stereocenters. The quantitative estimate of drug-likeness (QED) is 0.880. The largest absolute Gasteiger partial charge is 0.350 e. The van der Waals surface area contributed by atoms with Gasteiger partial charge in [-0.05, 0) is 26.0 Å². The van der Waals surface area contributed by atoms with Crippen molar-refractivity contribution in [3.05, 3.63) is 40.7 Å². The number of aromatic nitrogens is 4. The van der Waals surface area contributed by atoms with Crippen molar-refractivity contribution in [1.82, 2.24) is 25.5 Å². The van der Waals surface area contributed by atoms with E-state index >= 15 is 0 Å². The Balaban J connectivity index is 1.89. The Bertz CT molecular complexity index is 621. The van der Waals surface area contributed by atoms with Gasteiger partial charge in [-0.3, -0.25) is 9.89 Å². The molecule has 8 heteroatoms. The average Bonchev–Trinajstić information content (AvgIpc) is 2.87. The molecule has 2 aromatic heterocycles. The first kappa shape index (κ1) is 15.0. The smallest absolute Gasteiger partial charge is 0.279 e. The maximum atomic E-state index is 12.4. The molecule has 0 aliphatic rings. The normalized spacial score (nSPS) is 10.9. The minimum atomic E-state index is -2.68. The van der Waals surface area contributed by atoms with Gasteiger partial charge < -0.3 is 5.32 Å². The van der Waals surface area contributed by atoms with Crippen LogP contribution >= 0.6 is 0 Å². The predicted molar refractivity (Wildman–Crippen MR) is 71.1 cm³/mol. The van der Waals surface area contributed by atoms with Crippen LogP contribution in [0.5, 0.6) is 0 Å². The molecule has 1 amide bonds. The van der Waals surface area contributed by atoms with E-state index in [2.05, 4.69) is 25.5 Å². The summed E-state index contributed by atoms with van der Waals surface area (Å²) < 4.78 is 24.7. The highest BCUT2D eigenvalue weighted by Crippen LogP contribution is 2.16. The summed E-state index contributed by atoms with van der Waals surface area (Å²) in [5, 5.41) is 8.26. The molecule has 0 aliphatic carbocycles. The first-order valence-corrected chi connectivity index (χ1v) is 6.38. The number of hydrogen-bond donors (Lipinski definition) is 2. The van der Waals surface area contributed by atoms with Gasteiger partial charge in [0.25, 0.3) is 12.3 Å². The summed E-state index contributed by atoms with van der Waals surface area (Å²) >= 11 is 0. The van der Waals surface area contributed by atoms with Crippen LogP contribution in [-0.4, -0.2) is 32.6 Å². The van der Waals surface area contributed by atoms with Crippen molar-refractivity contribution in [3.63, 3.8) is 0 Å². The van der Waals surface area contributed by atoms with Gasteiger partial charge in [0, 0.05) is 24.4 Å². The molecule has 21 heavy (non-hydrogen) atoms. The molecule has 0 radical (unpaired) electrons. The van der Waals surface area contributed by atoms with Crippen molar-refractivity contribution < 1.29 is 13.6 Å². The summed E-state index contributed by atoms with van der Waals surface area (Å²) in [6.45, 7) is 4.04. The van der Waals surface area contributed by atoms with Gasteiger partial charge in [0.15, 0.2) is 0 Å². The van der Waals surface area contributed by atoms with E-state index in [0.29, 0.717) is 18.8 Å². The summed E-state index contributed by atoms with van der Waals surface area (Å²) in [5.74, 6) is 0.116. The van der Waals surface area contributed by atoms with E-state index in [4.69, 9.17) is 0 Å². The number of nitrogens with one attached hydrogen (secondary N) is 2. The minimum absolute atomic E-state index is 0.0633. The Morgan fingerprint density at radius 2 is 1.95 bits per heavy atom. The molecule has 2 rings (SSSR count). The number of rotatable bonds is 5. The fraction of sp³-hybridized carbons (Fsp3) is 0.385. The van der Waals surface area contributed by atoms with Gasteiger partial charge in [-0.2, -0.15) is 5.10 Å². The van der Waals surface area contributed by atoms with Gasteiger partial charge in [-0.15, -0.1) is 0 Å². The van der Waals surface area contributed by atoms with E-state index in [-0.39, 0.29) is 11.4 Å². The lowest BCUT2D eigenvalue weighted by Gasteiger charge is -2.04. The molecule has 2 N–H and O–H groups in total. The number of carbonyl (C=O) groups excluding carboxylic acids is 1. The Kier molecular flexibility index (Phi) is 4.56. The van der Waals surface area contributed by atoms with Crippen LogP contribution in [0, 0.1) is 13.8 Å². The monoisotopic (exact) mass is 295 g/mol. The van der Waals surface area contributed by atoms with Crippen LogP contribution in [0.4, 0.5) is 8.78 Å². The number of H-pyrrole nitrogens is 1. The third-order valence-electron chi connectivity index (χ3n) is 2.73. The van der Waals surface area contributed by atoms with Crippen molar-refractivity contribution in [3.8, 4) is 0 Å². The number of hydrogen-bond acceptors (Lipinski definition) is 4. The maximum absolute atomic E-state index is 12.4. The Hall–Kier alpha value is -2.38. The number of nitrogens with zero attached hydrogens (tertiary/aromatic N) is 3. The lowest BCUT2D eigenvalue weighted by Crippen LogP contribution is -2.26. The number of carbonyl (C=O) groups is 1. The van der Waals surface area contributed by atoms with Gasteiger partial charge >= 0.3 is 0 Å². The van der Waals surface area contributed by atoms with E-state index < -0.39 is 12.3 Å². The molecule has 0 fully saturated rings. The topological polar surface area (TPSA) is 83.6 Å². The van der Waals surface area contributed by atoms with Crippen LogP contribution in [0.15, 0.2) is 12.1 Å². The number of alkyl halides is 2. The zero-order valence-electron chi connectivity index (χ0n) is 11.7. The van der Waals surface area contributed by atoms with E-state index in [1.54, 1.807) is 0 Å². The maximum Gasteiger partial charge on any atom is 0.279 e. The van der Waals surface area contributed by atoms with Crippen molar-refractivity contribution in [2.24, 2.45) is 0 Å². The standard InChI is InChI=1S/C13H15F2N5O/c1-7-5-8(2)18-11(17-7)3-4-16-13(21)10-6-9(12(14)15)19-20-10/h5-6,12H,3-4H2,1-2H3,(H,16,21)(H,19,20). The number of amides is 1. The molecule has 0 bridgehead atoms. The van der Waals surface area contributed by atoms with Crippen LogP contribution in [0.3, 0.4) is 0 Å². The minimum Gasteiger partial charge on any atom is -0.350 e. The molecule has 2 aromatic rings. The average molecular weight is 295 g/mol. The van der Waals surface area contributed by atoms with Crippen molar-refractivity contribution in [2.45, 2.75) is 26.7 Å². The fourth-order valence-electron chi connectivity index (χ4n) is 1.85. The third kappa shape index (κ3) is 4.04. The number of aryl methyl sites for hydroxylation is 2. The fourth-order valence-corrected chi connectivity index (χ4v) is 1.85. The summed E-state index contributed by atoms with van der Waals surface area (Å²) in [5.41, 5.74) is 1.28. The third-order valence-corrected chi connectivity index (χ3v) is 2.73. The van der Waals surface area contributed by atoms with Gasteiger partial charge in [0.2, 0.25) is 0 Å². The highest BCUT2D eigenvalue weighted by atomic mass is 19.3. The van der Waals surface area contributed by atoms with Crippen LogP contribution in [-0.2, 0) is 6.42 Å². The molecule has 0 aliphatic heterocycles. The van der Waals surface area contributed by atoms with Crippen LogP contribution in [0.1, 0.15) is 39.8 Å². The van der Waals surface area contributed by atoms with Gasteiger partial charge in [0.05, 0.1) is 0 Å². The summed E-state index contributed by atoms with van der Waals surface area (Å²) in [6.07, 6.45) is -2.22. The van der Waals surface area contributed by atoms with E-state index in [1.165, 1.54) is 0 Å². The molecule has 0 spiro atoms. The van der Waals surface area contributed by atoms with Crippen molar-refractivity contribution in [2.75, 3.05) is 6.54 Å². The zero-order chi connectivity index (χ0) is 15.4. The summed E-state index contributed by atoms with van der Waals surface area (Å²) in [7, 11) is 0. The molecule has 0 saturated carbocycles. The first-order chi connectivity index (χ1) is 9.95. The molecule has 2 heterocycles. The van der Waals surface area contributed by atoms with Crippen LogP contribution < -0.4 is 5.32 Å². The number of aromatic amines is 1. The molecule has 112 valence electrons. The van der Waals surface area contributed by atoms with Gasteiger partial charge in [0.1, 0.15) is 17.2 Å². The molecule has 0 atom stereocenters. The van der Waals surface area contributed by atoms with Gasteiger partial charge in [-0.1, -0.05) is 0 Å². The lowest BCUT2D eigenvalue weighted by atomic mass is 10.3. The van der Waals surface area contributed by atoms with E-state index in [9.17, 15) is 13.6 Å². The molecule has 0 aromatic carbocycles. The summed E-state index contributed by atoms with van der Waals surface area (Å²) in [6, 6.07) is 2.89. The van der Waals surface area contributed by atoms with Crippen LogP contribution in [0.2, 0.25) is 0 Å². The van der Waals surface area contributed by atoms with E-state index in [1.807, 2.05) is 19.9 Å². The Morgan fingerprint density at radius 3 is 2.52 bits per heavy atom. The molecular formula is C13H15F2N5O. The Morgan fingerprint density at radius 1 is 1.29 bits per heavy atom. The highest BCUT2D eigenvalue weighted by molar-refractivity contribution is 5.92. The lowest BCUT2D eigenvalue weighted by molar-refractivity contribution is 0.0949. The Labute approximate surface area is 120 Å². The molecular weight excluding hydrogens is 280 g/mol. The molecule has 6 nitrogen and oxygen atoms in total. The van der Waals surface area contributed by atoms with Crippen molar-refractivity contribution >= 4 is 5.91 Å². The SMILES string of the molecule is Cc1cc(C)nc(CCNC(=O)c2cc(C(F)F)[nH]n2)n1. The molecule has 0 saturated heterocycles. The number of halogens is 2. The predicted octanol–water partition coefficient (Wildman–Crippen LogP) is 1.73. The second-order valence-corrected chi connectivity index (χ2v) is 4.58. The second-order valence-electron chi connectivity index (χ2n) is 4.58. The van der Waals surface area contributed by atoms with Crippen LogP contribution in [0.25, 0.3) is 0 Å². The highest BCUT2D eigenvalue weighted by Gasteiger charge is 2.15.